The number of para-hydroxylation sites is 1. The summed E-state index contributed by atoms with van der Waals surface area (Å²) >= 11 is 12.2. The summed E-state index contributed by atoms with van der Waals surface area (Å²) < 4.78 is 10.6. The Morgan fingerprint density at radius 1 is 1.15 bits per heavy atom. The number of aliphatic hydroxyl groups is 1. The fourth-order valence-corrected chi connectivity index (χ4v) is 2.85. The molecule has 7 heteroatoms. The molecule has 1 unspecified atom stereocenters. The molecule has 140 valence electrons. The molecule has 2 N–H and O–H groups in total. The zero-order chi connectivity index (χ0) is 19.5. The Morgan fingerprint density at radius 2 is 1.85 bits per heavy atom. The molecule has 0 aliphatic rings. The minimum Gasteiger partial charge on any atom is -0.495 e. The van der Waals surface area contributed by atoms with Crippen molar-refractivity contribution < 1.29 is 19.4 Å². The van der Waals surface area contributed by atoms with Gasteiger partial charge in [-0.15, -0.1) is 0 Å². The number of halogens is 2. The highest BCUT2D eigenvalue weighted by molar-refractivity contribution is 6.32. The van der Waals surface area contributed by atoms with E-state index in [-0.39, 0.29) is 0 Å². The van der Waals surface area contributed by atoms with Crippen LogP contribution in [0.25, 0.3) is 0 Å². The van der Waals surface area contributed by atoms with Gasteiger partial charge in [0.05, 0.1) is 17.8 Å². The van der Waals surface area contributed by atoms with Crippen molar-refractivity contribution in [3.05, 3.63) is 57.6 Å². The minimum atomic E-state index is -1.12. The van der Waals surface area contributed by atoms with Gasteiger partial charge in [-0.2, -0.15) is 0 Å². The first-order valence-corrected chi connectivity index (χ1v) is 8.68. The number of benzene rings is 2. The number of hydrogen-bond acceptors (Lipinski definition) is 4. The van der Waals surface area contributed by atoms with E-state index in [9.17, 15) is 9.90 Å². The molecule has 0 spiro atoms. The molecule has 5 nitrogen and oxygen atoms in total. The van der Waals surface area contributed by atoms with E-state index in [1.165, 1.54) is 7.11 Å². The third-order valence-corrected chi connectivity index (χ3v) is 3.97. The Morgan fingerprint density at radius 3 is 2.46 bits per heavy atom. The second kappa shape index (κ2) is 8.16. The van der Waals surface area contributed by atoms with Gasteiger partial charge in [0, 0.05) is 16.1 Å². The zero-order valence-corrected chi connectivity index (χ0v) is 16.5. The summed E-state index contributed by atoms with van der Waals surface area (Å²) in [4.78, 5) is 12.1. The number of carbonyl (C=O) groups is 1. The molecule has 0 aliphatic carbocycles. The Balaban J connectivity index is 2.41. The highest BCUT2D eigenvalue weighted by Gasteiger charge is 2.23. The molecule has 26 heavy (non-hydrogen) atoms. The second-order valence-electron chi connectivity index (χ2n) is 6.62. The largest absolute Gasteiger partial charge is 0.495 e. The molecular formula is C19H21Cl2NO4. The molecule has 0 bridgehead atoms. The lowest BCUT2D eigenvalue weighted by atomic mass is 9.99. The van der Waals surface area contributed by atoms with Crippen molar-refractivity contribution in [1.82, 2.24) is 0 Å². The Labute approximate surface area is 162 Å². The Hall–Kier alpha value is -1.95. The van der Waals surface area contributed by atoms with Crippen LogP contribution in [0.5, 0.6) is 5.75 Å². The van der Waals surface area contributed by atoms with Crippen LogP contribution in [0.4, 0.5) is 10.5 Å². The predicted octanol–water partition coefficient (Wildman–Crippen LogP) is 5.43. The number of ether oxygens (including phenoxy) is 2. The molecule has 0 aromatic heterocycles. The maximum absolute atomic E-state index is 12.1. The van der Waals surface area contributed by atoms with Crippen molar-refractivity contribution in [2.45, 2.75) is 32.5 Å². The first-order chi connectivity index (χ1) is 12.1. The lowest BCUT2D eigenvalue weighted by Gasteiger charge is -2.22. The number of nitrogens with one attached hydrogen (secondary N) is 1. The van der Waals surface area contributed by atoms with Gasteiger partial charge >= 0.3 is 6.09 Å². The third-order valence-electron chi connectivity index (χ3n) is 3.44. The Kier molecular flexibility index (Phi) is 6.39. The van der Waals surface area contributed by atoms with E-state index in [4.69, 9.17) is 32.7 Å². The highest BCUT2D eigenvalue weighted by atomic mass is 35.5. The highest BCUT2D eigenvalue weighted by Crippen LogP contribution is 2.38. The number of carbonyl (C=O) groups excluding carboxylic acids is 1. The van der Waals surface area contributed by atoms with Crippen LogP contribution in [0, 0.1) is 0 Å². The first-order valence-electron chi connectivity index (χ1n) is 7.92. The summed E-state index contributed by atoms with van der Waals surface area (Å²) in [6.45, 7) is 5.29. The van der Waals surface area contributed by atoms with Crippen molar-refractivity contribution in [1.29, 1.82) is 0 Å². The number of hydrogen-bond donors (Lipinski definition) is 2. The topological polar surface area (TPSA) is 67.8 Å². The number of methoxy groups -OCH3 is 1. The smallest absolute Gasteiger partial charge is 0.412 e. The summed E-state index contributed by atoms with van der Waals surface area (Å²) in [6.07, 6.45) is -1.75. The molecule has 0 aliphatic heterocycles. The molecule has 0 radical (unpaired) electrons. The van der Waals surface area contributed by atoms with Gasteiger partial charge in [0.1, 0.15) is 17.5 Å². The average molecular weight is 398 g/mol. The fourth-order valence-electron chi connectivity index (χ4n) is 2.41. The van der Waals surface area contributed by atoms with Crippen molar-refractivity contribution in [2.75, 3.05) is 12.4 Å². The van der Waals surface area contributed by atoms with Gasteiger partial charge in [0.25, 0.3) is 0 Å². The van der Waals surface area contributed by atoms with Crippen LogP contribution in [-0.4, -0.2) is 23.9 Å². The van der Waals surface area contributed by atoms with Crippen LogP contribution in [0.3, 0.4) is 0 Å². The number of rotatable bonds is 4. The monoisotopic (exact) mass is 397 g/mol. The first kappa shape index (κ1) is 20.4. The molecule has 2 rings (SSSR count). The average Bonchev–Trinajstić information content (AvgIpc) is 2.53. The van der Waals surface area contributed by atoms with Crippen molar-refractivity contribution in [3.63, 3.8) is 0 Å². The molecular weight excluding hydrogens is 377 g/mol. The molecule has 0 saturated carbocycles. The molecule has 0 saturated heterocycles. The van der Waals surface area contributed by atoms with Gasteiger partial charge in [-0.1, -0.05) is 35.3 Å². The van der Waals surface area contributed by atoms with E-state index in [0.717, 1.165) is 0 Å². The maximum Gasteiger partial charge on any atom is 0.412 e. The van der Waals surface area contributed by atoms with E-state index >= 15 is 0 Å². The molecule has 0 fully saturated rings. The summed E-state index contributed by atoms with van der Waals surface area (Å²) in [6, 6.07) is 9.83. The van der Waals surface area contributed by atoms with Gasteiger partial charge in [-0.25, -0.2) is 4.79 Å². The van der Waals surface area contributed by atoms with Gasteiger partial charge in [-0.3, -0.25) is 5.32 Å². The van der Waals surface area contributed by atoms with E-state index in [0.29, 0.717) is 32.6 Å². The zero-order valence-electron chi connectivity index (χ0n) is 15.0. The number of amides is 1. The van der Waals surface area contributed by atoms with Gasteiger partial charge in [0.2, 0.25) is 0 Å². The molecule has 1 amide bonds. The summed E-state index contributed by atoms with van der Waals surface area (Å²) in [5.74, 6) is 0.352. The van der Waals surface area contributed by atoms with E-state index < -0.39 is 17.8 Å². The molecule has 2 aromatic carbocycles. The maximum atomic E-state index is 12.1. The van der Waals surface area contributed by atoms with Crippen molar-refractivity contribution in [2.24, 2.45) is 0 Å². The van der Waals surface area contributed by atoms with E-state index in [1.807, 2.05) is 0 Å². The van der Waals surface area contributed by atoms with E-state index in [1.54, 1.807) is 57.2 Å². The van der Waals surface area contributed by atoms with Gasteiger partial charge < -0.3 is 14.6 Å². The summed E-state index contributed by atoms with van der Waals surface area (Å²) in [5.41, 5.74) is 0.572. The number of anilines is 1. The van der Waals surface area contributed by atoms with E-state index in [2.05, 4.69) is 5.32 Å². The SMILES string of the molecule is COc1c(Cl)cccc1C(O)c1cc(Cl)ccc1NC(=O)OC(C)(C)C. The molecule has 0 heterocycles. The summed E-state index contributed by atoms with van der Waals surface area (Å²) in [5, 5.41) is 14.3. The van der Waals surface area contributed by atoms with Crippen LogP contribution in [0.1, 0.15) is 38.0 Å². The standard InChI is InChI=1S/C19H21Cl2NO4/c1-19(2,3)26-18(24)22-15-9-8-11(20)10-13(15)16(23)12-6-5-7-14(21)17(12)25-4/h5-10,16,23H,1-4H3,(H,22,24). The van der Waals surface area contributed by atoms with Crippen molar-refractivity contribution in [3.8, 4) is 5.75 Å². The van der Waals surface area contributed by atoms with Crippen molar-refractivity contribution >= 4 is 35.0 Å². The van der Waals surface area contributed by atoms with Crippen LogP contribution < -0.4 is 10.1 Å². The number of aliphatic hydroxyl groups excluding tert-OH is 1. The molecule has 1 atom stereocenters. The fraction of sp³-hybridized carbons (Fsp3) is 0.316. The lowest BCUT2D eigenvalue weighted by Crippen LogP contribution is -2.27. The normalized spacial score (nSPS) is 12.4. The van der Waals surface area contributed by atoms with Crippen LogP contribution >= 0.6 is 23.2 Å². The van der Waals surface area contributed by atoms with Gasteiger partial charge in [0.15, 0.2) is 0 Å². The second-order valence-corrected chi connectivity index (χ2v) is 7.47. The lowest BCUT2D eigenvalue weighted by molar-refractivity contribution is 0.0635. The van der Waals surface area contributed by atoms with Crippen LogP contribution in [-0.2, 0) is 4.74 Å². The summed E-state index contributed by atoms with van der Waals surface area (Å²) in [7, 11) is 1.47. The Bertz CT molecular complexity index is 803. The van der Waals surface area contributed by atoms with Crippen LogP contribution in [0.2, 0.25) is 10.0 Å². The van der Waals surface area contributed by atoms with Crippen LogP contribution in [0.15, 0.2) is 36.4 Å². The predicted molar refractivity (Wildman–Crippen MR) is 103 cm³/mol. The quantitative estimate of drug-likeness (QED) is 0.721. The minimum absolute atomic E-state index is 0.352. The third kappa shape index (κ3) is 5.04. The van der Waals surface area contributed by atoms with Gasteiger partial charge in [-0.05, 0) is 45.0 Å². The molecule has 2 aromatic rings.